The molecule has 6 heteroatoms. The molecule has 0 fully saturated rings. The molecular weight excluding hydrogens is 337 g/mol. The van der Waals surface area contributed by atoms with Gasteiger partial charge in [0.2, 0.25) is 5.91 Å². The number of benzene rings is 2. The highest BCUT2D eigenvalue weighted by molar-refractivity contribution is 6.06. The lowest BCUT2D eigenvalue weighted by atomic mass is 9.84. The van der Waals surface area contributed by atoms with Gasteiger partial charge in [-0.05, 0) is 35.9 Å². The van der Waals surface area contributed by atoms with E-state index in [1.807, 2.05) is 18.2 Å². The molecule has 0 N–H and O–H groups in total. The van der Waals surface area contributed by atoms with Crippen molar-refractivity contribution < 1.29 is 23.5 Å². The Morgan fingerprint density at radius 1 is 1.15 bits per heavy atom. The van der Waals surface area contributed by atoms with Crippen LogP contribution in [0.15, 0.2) is 59.8 Å². The van der Waals surface area contributed by atoms with E-state index in [-0.39, 0.29) is 18.9 Å². The Hall–Kier alpha value is -3.15. The predicted octanol–water partition coefficient (Wildman–Crippen LogP) is 3.17. The Balaban J connectivity index is 1.83. The van der Waals surface area contributed by atoms with Crippen LogP contribution in [-0.2, 0) is 14.3 Å². The number of ether oxygens (including phenoxy) is 2. The topological polar surface area (TPSA) is 55.8 Å². The van der Waals surface area contributed by atoms with Gasteiger partial charge in [0.1, 0.15) is 18.2 Å². The second-order valence-electron chi connectivity index (χ2n) is 6.18. The maximum atomic E-state index is 13.6. The average molecular weight is 353 g/mol. The summed E-state index contributed by atoms with van der Waals surface area (Å²) in [5, 5.41) is 0. The quantitative estimate of drug-likeness (QED) is 0.796. The van der Waals surface area contributed by atoms with Gasteiger partial charge in [-0.1, -0.05) is 18.2 Å². The zero-order chi connectivity index (χ0) is 18.3. The highest BCUT2D eigenvalue weighted by atomic mass is 19.1. The van der Waals surface area contributed by atoms with E-state index in [2.05, 4.69) is 0 Å². The number of amides is 1. The van der Waals surface area contributed by atoms with Crippen molar-refractivity contribution in [1.29, 1.82) is 0 Å². The Kier molecular flexibility index (Phi) is 3.95. The van der Waals surface area contributed by atoms with Crippen LogP contribution in [0.4, 0.5) is 10.1 Å². The summed E-state index contributed by atoms with van der Waals surface area (Å²) in [7, 11) is 1.56. The molecule has 26 heavy (non-hydrogen) atoms. The molecule has 1 atom stereocenters. The van der Waals surface area contributed by atoms with E-state index in [1.54, 1.807) is 19.2 Å². The van der Waals surface area contributed by atoms with Gasteiger partial charge in [0.05, 0.1) is 24.1 Å². The smallest absolute Gasteiger partial charge is 0.336 e. The van der Waals surface area contributed by atoms with E-state index in [9.17, 15) is 14.0 Å². The SMILES string of the molecule is COc1cccc([C@H]2CC(=O)N(c3cccc(F)c3)C3=C2C(=O)OC3)c1. The fourth-order valence-corrected chi connectivity index (χ4v) is 3.51. The molecule has 1 amide bonds. The molecule has 4 rings (SSSR count). The first-order chi connectivity index (χ1) is 12.6. The summed E-state index contributed by atoms with van der Waals surface area (Å²) in [6.07, 6.45) is 0.0949. The van der Waals surface area contributed by atoms with Crippen LogP contribution < -0.4 is 9.64 Å². The summed E-state index contributed by atoms with van der Waals surface area (Å²) in [4.78, 5) is 26.6. The molecule has 0 radical (unpaired) electrons. The molecule has 2 aliphatic rings. The monoisotopic (exact) mass is 353 g/mol. The minimum Gasteiger partial charge on any atom is -0.497 e. The Bertz CT molecular complexity index is 937. The first kappa shape index (κ1) is 16.3. The summed E-state index contributed by atoms with van der Waals surface area (Å²) in [6, 6.07) is 13.0. The summed E-state index contributed by atoms with van der Waals surface area (Å²) in [5.74, 6) is -0.858. The van der Waals surface area contributed by atoms with Gasteiger partial charge in [-0.2, -0.15) is 0 Å². The number of carbonyl (C=O) groups is 2. The average Bonchev–Trinajstić information content (AvgIpc) is 3.02. The molecule has 2 heterocycles. The third-order valence-electron chi connectivity index (χ3n) is 4.68. The van der Waals surface area contributed by atoms with Gasteiger partial charge in [-0.15, -0.1) is 0 Å². The minimum atomic E-state index is -0.447. The second kappa shape index (κ2) is 6.29. The molecule has 2 aliphatic heterocycles. The van der Waals surface area contributed by atoms with Gasteiger partial charge in [0.15, 0.2) is 0 Å². The fourth-order valence-electron chi connectivity index (χ4n) is 3.51. The van der Waals surface area contributed by atoms with E-state index in [0.29, 0.717) is 22.7 Å². The van der Waals surface area contributed by atoms with Gasteiger partial charge in [0.25, 0.3) is 0 Å². The molecule has 0 bridgehead atoms. The molecular formula is C20H16FNO4. The van der Waals surface area contributed by atoms with Gasteiger partial charge in [-0.3, -0.25) is 9.69 Å². The summed E-state index contributed by atoms with van der Waals surface area (Å²) in [5.41, 5.74) is 2.12. The summed E-state index contributed by atoms with van der Waals surface area (Å²) >= 11 is 0. The third kappa shape index (κ3) is 2.63. The molecule has 0 spiro atoms. The van der Waals surface area contributed by atoms with Crippen LogP contribution in [0.3, 0.4) is 0 Å². The lowest BCUT2D eigenvalue weighted by molar-refractivity contribution is -0.136. The predicted molar refractivity (Wildman–Crippen MR) is 92.2 cm³/mol. The van der Waals surface area contributed by atoms with Crippen molar-refractivity contribution in [3.8, 4) is 5.75 Å². The molecule has 0 saturated carbocycles. The van der Waals surface area contributed by atoms with Crippen LogP contribution in [0.25, 0.3) is 0 Å². The second-order valence-corrected chi connectivity index (χ2v) is 6.18. The lowest BCUT2D eigenvalue weighted by Gasteiger charge is -2.32. The van der Waals surface area contributed by atoms with Gasteiger partial charge < -0.3 is 9.47 Å². The van der Waals surface area contributed by atoms with Crippen molar-refractivity contribution >= 4 is 17.6 Å². The highest BCUT2D eigenvalue weighted by Gasteiger charge is 2.43. The first-order valence-electron chi connectivity index (χ1n) is 8.21. The molecule has 132 valence electrons. The van der Waals surface area contributed by atoms with Crippen LogP contribution in [0.2, 0.25) is 0 Å². The minimum absolute atomic E-state index is 0.00309. The maximum Gasteiger partial charge on any atom is 0.336 e. The highest BCUT2D eigenvalue weighted by Crippen LogP contribution is 2.42. The van der Waals surface area contributed by atoms with Crippen molar-refractivity contribution in [1.82, 2.24) is 0 Å². The number of carbonyl (C=O) groups excluding carboxylic acids is 2. The Morgan fingerprint density at radius 2 is 1.96 bits per heavy atom. The number of nitrogens with zero attached hydrogens (tertiary/aromatic N) is 1. The molecule has 2 aromatic rings. The fraction of sp³-hybridized carbons (Fsp3) is 0.200. The molecule has 0 unspecified atom stereocenters. The van der Waals surface area contributed by atoms with Crippen molar-refractivity contribution in [2.24, 2.45) is 0 Å². The molecule has 5 nitrogen and oxygen atoms in total. The first-order valence-corrected chi connectivity index (χ1v) is 8.21. The van der Waals surface area contributed by atoms with Crippen molar-refractivity contribution in [3.63, 3.8) is 0 Å². The summed E-state index contributed by atoms with van der Waals surface area (Å²) in [6.45, 7) is -0.00309. The maximum absolute atomic E-state index is 13.6. The van der Waals surface area contributed by atoms with Gasteiger partial charge in [-0.25, -0.2) is 9.18 Å². The van der Waals surface area contributed by atoms with Gasteiger partial charge >= 0.3 is 5.97 Å². The van der Waals surface area contributed by atoms with Crippen molar-refractivity contribution in [2.45, 2.75) is 12.3 Å². The lowest BCUT2D eigenvalue weighted by Crippen LogP contribution is -2.37. The van der Waals surface area contributed by atoms with Crippen LogP contribution in [-0.4, -0.2) is 25.6 Å². The number of cyclic esters (lactones) is 1. The van der Waals surface area contributed by atoms with Crippen molar-refractivity contribution in [2.75, 3.05) is 18.6 Å². The van der Waals surface area contributed by atoms with E-state index < -0.39 is 17.7 Å². The van der Waals surface area contributed by atoms with E-state index in [4.69, 9.17) is 9.47 Å². The standard InChI is InChI=1S/C20H16FNO4/c1-25-15-7-2-4-12(8-15)16-10-18(23)22(14-6-3-5-13(21)9-14)17-11-26-20(24)19(16)17/h2-9,16H,10-11H2,1H3/t16-/m1/s1. The zero-order valence-electron chi connectivity index (χ0n) is 14.1. The Morgan fingerprint density at radius 3 is 2.73 bits per heavy atom. The number of rotatable bonds is 3. The van der Waals surface area contributed by atoms with E-state index in [0.717, 1.165) is 5.56 Å². The van der Waals surface area contributed by atoms with E-state index in [1.165, 1.54) is 23.1 Å². The summed E-state index contributed by atoms with van der Waals surface area (Å²) < 4.78 is 24.1. The van der Waals surface area contributed by atoms with Gasteiger partial charge in [0, 0.05) is 12.3 Å². The Labute approximate surface area is 149 Å². The molecule has 0 saturated heterocycles. The number of anilines is 1. The van der Waals surface area contributed by atoms with Crippen molar-refractivity contribution in [3.05, 3.63) is 71.2 Å². The molecule has 0 aliphatic carbocycles. The van der Waals surface area contributed by atoms with E-state index >= 15 is 0 Å². The largest absolute Gasteiger partial charge is 0.497 e. The number of halogens is 1. The van der Waals surface area contributed by atoms with Crippen LogP contribution in [0.5, 0.6) is 5.75 Å². The normalized spacial score (nSPS) is 19.5. The third-order valence-corrected chi connectivity index (χ3v) is 4.68. The number of hydrogen-bond acceptors (Lipinski definition) is 4. The van der Waals surface area contributed by atoms with Crippen LogP contribution in [0, 0.1) is 5.82 Å². The van der Waals surface area contributed by atoms with Crippen LogP contribution >= 0.6 is 0 Å². The molecule has 0 aromatic heterocycles. The van der Waals surface area contributed by atoms with Crippen LogP contribution in [0.1, 0.15) is 17.9 Å². The number of hydrogen-bond donors (Lipinski definition) is 0. The number of esters is 1. The zero-order valence-corrected chi connectivity index (χ0v) is 14.1. The number of methoxy groups -OCH3 is 1. The molecule has 2 aromatic carbocycles.